The van der Waals surface area contributed by atoms with Gasteiger partial charge in [-0.3, -0.25) is 9.59 Å². The lowest BCUT2D eigenvalue weighted by atomic mass is 10.2. The van der Waals surface area contributed by atoms with Gasteiger partial charge in [0.2, 0.25) is 11.8 Å². The number of likely N-dealkylation sites (N-methyl/N-ethyl adjacent to an activating group) is 1. The Hall–Kier alpha value is -4.64. The number of carbonyl (C=O) groups is 2. The van der Waals surface area contributed by atoms with Gasteiger partial charge in [-0.1, -0.05) is 13.5 Å². The number of primary amides is 1. The molecule has 2 aromatic carbocycles. The van der Waals surface area contributed by atoms with Crippen LogP contribution in [0.2, 0.25) is 0 Å². The quantitative estimate of drug-likeness (QED) is 0.336. The molecule has 1 fully saturated rings. The Morgan fingerprint density at radius 3 is 2.44 bits per heavy atom. The maximum Gasteiger partial charge on any atom is 0.271 e. The average Bonchev–Trinajstić information content (AvgIpc) is 2.94. The van der Waals surface area contributed by atoms with Crippen molar-refractivity contribution in [2.45, 2.75) is 13.3 Å². The van der Waals surface area contributed by atoms with Crippen LogP contribution in [-0.4, -0.2) is 67.0 Å². The fourth-order valence-electron chi connectivity index (χ4n) is 4.13. The molecule has 39 heavy (non-hydrogen) atoms. The first-order chi connectivity index (χ1) is 18.8. The summed E-state index contributed by atoms with van der Waals surface area (Å²) in [4.78, 5) is 37.8. The maximum absolute atomic E-state index is 12.2. The maximum atomic E-state index is 12.2. The summed E-state index contributed by atoms with van der Waals surface area (Å²) in [5.74, 6) is 0.106. The third kappa shape index (κ3) is 6.63. The monoisotopic (exact) mass is 531 g/mol. The van der Waals surface area contributed by atoms with Gasteiger partial charge in [0.1, 0.15) is 17.2 Å². The number of hydrogen-bond donors (Lipinski definition) is 3. The molecular weight excluding hydrogens is 498 g/mol. The van der Waals surface area contributed by atoms with Gasteiger partial charge in [-0.15, -0.1) is 0 Å². The largest absolute Gasteiger partial charge is 0.495 e. The summed E-state index contributed by atoms with van der Waals surface area (Å²) in [6.45, 7) is 9.30. The normalized spacial score (nSPS) is 13.5. The minimum atomic E-state index is -0.709. The van der Waals surface area contributed by atoms with E-state index in [4.69, 9.17) is 15.2 Å². The molecule has 0 unspecified atom stereocenters. The summed E-state index contributed by atoms with van der Waals surface area (Å²) in [7, 11) is 3.62. The molecule has 1 aromatic heterocycles. The van der Waals surface area contributed by atoms with Gasteiger partial charge in [0.05, 0.1) is 12.8 Å². The molecule has 0 radical (unpaired) electrons. The second kappa shape index (κ2) is 12.3. The molecule has 3 aromatic rings. The highest BCUT2D eigenvalue weighted by molar-refractivity contribution is 6.00. The first-order valence-electron chi connectivity index (χ1n) is 12.6. The lowest BCUT2D eigenvalue weighted by Gasteiger charge is -2.34. The average molecular weight is 532 g/mol. The lowest BCUT2D eigenvalue weighted by Crippen LogP contribution is -2.44. The number of anilines is 4. The van der Waals surface area contributed by atoms with Crippen LogP contribution in [0.25, 0.3) is 0 Å². The van der Waals surface area contributed by atoms with E-state index in [9.17, 15) is 9.59 Å². The van der Waals surface area contributed by atoms with Crippen LogP contribution >= 0.6 is 0 Å². The summed E-state index contributed by atoms with van der Waals surface area (Å²) in [5, 5.41) is 5.85. The molecule has 4 rings (SSSR count). The molecule has 11 heteroatoms. The Morgan fingerprint density at radius 1 is 1.10 bits per heavy atom. The highest BCUT2D eigenvalue weighted by Gasteiger charge is 2.20. The van der Waals surface area contributed by atoms with Crippen LogP contribution in [0.5, 0.6) is 17.4 Å². The van der Waals surface area contributed by atoms with Crippen molar-refractivity contribution in [1.29, 1.82) is 0 Å². The number of rotatable bonds is 10. The van der Waals surface area contributed by atoms with Crippen LogP contribution in [0.15, 0.2) is 55.1 Å². The summed E-state index contributed by atoms with van der Waals surface area (Å²) < 4.78 is 11.4. The Kier molecular flexibility index (Phi) is 8.62. The van der Waals surface area contributed by atoms with Crippen molar-refractivity contribution >= 4 is 34.7 Å². The molecule has 0 atom stereocenters. The molecule has 0 bridgehead atoms. The molecule has 11 nitrogen and oxygen atoms in total. The fourth-order valence-corrected chi connectivity index (χ4v) is 4.13. The van der Waals surface area contributed by atoms with Gasteiger partial charge in [0, 0.05) is 43.6 Å². The molecular formula is C28H33N7O4. The van der Waals surface area contributed by atoms with E-state index in [1.807, 2.05) is 31.2 Å². The van der Waals surface area contributed by atoms with Crippen LogP contribution in [0.3, 0.4) is 0 Å². The van der Waals surface area contributed by atoms with Crippen molar-refractivity contribution in [1.82, 2.24) is 14.9 Å². The van der Waals surface area contributed by atoms with Gasteiger partial charge in [0.15, 0.2) is 11.5 Å². The number of benzene rings is 2. The smallest absolute Gasteiger partial charge is 0.271 e. The zero-order valence-electron chi connectivity index (χ0n) is 22.4. The zero-order chi connectivity index (χ0) is 27.9. The summed E-state index contributed by atoms with van der Waals surface area (Å²) >= 11 is 0. The van der Waals surface area contributed by atoms with Crippen LogP contribution in [-0.2, 0) is 11.2 Å². The summed E-state index contributed by atoms with van der Waals surface area (Å²) in [5.41, 5.74) is 8.35. The molecule has 1 aliphatic rings. The second-order valence-corrected chi connectivity index (χ2v) is 9.01. The molecule has 0 saturated carbocycles. The number of carbonyl (C=O) groups excluding carboxylic acids is 2. The van der Waals surface area contributed by atoms with Crippen LogP contribution < -0.4 is 30.7 Å². The number of methoxy groups -OCH3 is 1. The molecule has 4 N–H and O–H groups in total. The number of ether oxygens (including phenoxy) is 2. The van der Waals surface area contributed by atoms with Gasteiger partial charge in [-0.2, -0.15) is 4.98 Å². The summed E-state index contributed by atoms with van der Waals surface area (Å²) in [6.07, 6.45) is 1.60. The number of amides is 2. The van der Waals surface area contributed by atoms with Crippen molar-refractivity contribution < 1.29 is 19.1 Å². The zero-order valence-corrected chi connectivity index (χ0v) is 22.4. The molecule has 204 valence electrons. The number of nitrogens with one attached hydrogen (secondary N) is 2. The van der Waals surface area contributed by atoms with Crippen LogP contribution in [0, 0.1) is 0 Å². The van der Waals surface area contributed by atoms with E-state index in [0.717, 1.165) is 43.6 Å². The Morgan fingerprint density at radius 2 is 1.82 bits per heavy atom. The van der Waals surface area contributed by atoms with Crippen molar-refractivity contribution in [2.75, 3.05) is 55.9 Å². The second-order valence-electron chi connectivity index (χ2n) is 9.01. The molecule has 0 spiro atoms. The van der Waals surface area contributed by atoms with E-state index in [1.54, 1.807) is 18.2 Å². The Bertz CT molecular complexity index is 1350. The first kappa shape index (κ1) is 27.4. The van der Waals surface area contributed by atoms with Gasteiger partial charge < -0.3 is 35.6 Å². The number of piperazine rings is 1. The van der Waals surface area contributed by atoms with Gasteiger partial charge >= 0.3 is 0 Å². The van der Waals surface area contributed by atoms with Crippen molar-refractivity contribution in [3.8, 4) is 17.4 Å². The topological polar surface area (TPSA) is 135 Å². The first-order valence-corrected chi connectivity index (χ1v) is 12.6. The number of aromatic nitrogens is 2. The molecule has 0 aliphatic carbocycles. The summed E-state index contributed by atoms with van der Waals surface area (Å²) in [6, 6.07) is 12.8. The van der Waals surface area contributed by atoms with E-state index in [2.05, 4.69) is 44.0 Å². The predicted octanol–water partition coefficient (Wildman–Crippen LogP) is 3.56. The van der Waals surface area contributed by atoms with Crippen molar-refractivity contribution in [3.63, 3.8) is 0 Å². The molecule has 1 saturated heterocycles. The Labute approximate surface area is 227 Å². The number of hydrogen-bond acceptors (Lipinski definition) is 9. The van der Waals surface area contributed by atoms with Crippen molar-refractivity contribution in [2.24, 2.45) is 5.73 Å². The number of nitrogens with two attached hydrogens (primary N) is 1. The lowest BCUT2D eigenvalue weighted by molar-refractivity contribution is -0.111. The van der Waals surface area contributed by atoms with E-state index >= 15 is 0 Å². The van der Waals surface area contributed by atoms with E-state index < -0.39 is 11.8 Å². The van der Waals surface area contributed by atoms with Crippen molar-refractivity contribution in [3.05, 3.63) is 66.5 Å². The standard InChI is InChI=1S/C28H33N7O4/c1-5-21-28(39-20-11-12-23(38-4)22(17-20)31-24(36)6-2)33-27(25(32-21)26(29)37)30-18-7-9-19(10-8-18)35-15-13-34(3)14-16-35/h6-12,17H,2,5,13-16H2,1,3-4H3,(H2,29,37)(H,30,33)(H,31,36). The molecule has 1 aliphatic heterocycles. The minimum absolute atomic E-state index is 0.0102. The van der Waals surface area contributed by atoms with E-state index in [-0.39, 0.29) is 17.4 Å². The van der Waals surface area contributed by atoms with E-state index in [0.29, 0.717) is 29.3 Å². The van der Waals surface area contributed by atoms with Gasteiger partial charge in [-0.05, 0) is 55.9 Å². The molecule has 2 amide bonds. The highest BCUT2D eigenvalue weighted by Crippen LogP contribution is 2.33. The van der Waals surface area contributed by atoms with Gasteiger partial charge in [-0.25, -0.2) is 4.98 Å². The predicted molar refractivity (Wildman–Crippen MR) is 151 cm³/mol. The number of nitrogens with zero attached hydrogens (tertiary/aromatic N) is 4. The minimum Gasteiger partial charge on any atom is -0.495 e. The SMILES string of the molecule is C=CC(=O)Nc1cc(Oc2nc(Nc3ccc(N4CCN(C)CC4)cc3)c(C(N)=O)nc2CC)ccc1OC. The van der Waals surface area contributed by atoms with E-state index in [1.165, 1.54) is 7.11 Å². The highest BCUT2D eigenvalue weighted by atomic mass is 16.5. The fraction of sp³-hybridized carbons (Fsp3) is 0.286. The van der Waals surface area contributed by atoms with Gasteiger partial charge in [0.25, 0.3) is 5.91 Å². The van der Waals surface area contributed by atoms with Crippen LogP contribution in [0.4, 0.5) is 22.9 Å². The third-order valence-corrected chi connectivity index (χ3v) is 6.33. The third-order valence-electron chi connectivity index (χ3n) is 6.33. The van der Waals surface area contributed by atoms with Crippen LogP contribution in [0.1, 0.15) is 23.1 Å². The number of aryl methyl sites for hydroxylation is 1. The molecule has 2 heterocycles. The Balaban J connectivity index is 1.61.